The van der Waals surface area contributed by atoms with Crippen LogP contribution in [0.25, 0.3) is 0 Å². The van der Waals surface area contributed by atoms with Crippen molar-refractivity contribution in [3.63, 3.8) is 0 Å². The van der Waals surface area contributed by atoms with Gasteiger partial charge in [0.1, 0.15) is 12.1 Å². The molecule has 0 aromatic heterocycles. The van der Waals surface area contributed by atoms with Crippen LogP contribution in [-0.4, -0.2) is 40.8 Å². The van der Waals surface area contributed by atoms with Gasteiger partial charge in [-0.05, 0) is 0 Å². The molecule has 0 spiro atoms. The Hall–Kier alpha value is -0.730. The quantitative estimate of drug-likeness (QED) is 0.342. The summed E-state index contributed by atoms with van der Waals surface area (Å²) in [6.07, 6.45) is 0. The van der Waals surface area contributed by atoms with Gasteiger partial charge in [0.05, 0.1) is 0 Å². The van der Waals surface area contributed by atoms with Gasteiger partial charge in [0, 0.05) is 11.5 Å². The molecular formula is C7H10N2O4S2. The van der Waals surface area contributed by atoms with Crippen LogP contribution in [0.15, 0.2) is 0 Å². The average Bonchev–Trinajstić information content (AvgIpc) is 2.63. The molecule has 2 atom stereocenters. The first-order chi connectivity index (χ1) is 7.04. The molecular weight excluding hydrogens is 240 g/mol. The molecule has 0 aromatic rings. The van der Waals surface area contributed by atoms with Gasteiger partial charge in [-0.1, -0.05) is 11.8 Å². The molecule has 1 unspecified atom stereocenters. The number of thioether (sulfide) groups is 1. The van der Waals surface area contributed by atoms with Crippen molar-refractivity contribution in [1.82, 2.24) is 5.32 Å². The molecule has 6 nitrogen and oxygen atoms in total. The van der Waals surface area contributed by atoms with E-state index in [2.05, 4.69) is 22.7 Å². The van der Waals surface area contributed by atoms with E-state index in [1.807, 2.05) is 0 Å². The highest BCUT2D eigenvalue weighted by molar-refractivity contribution is 8.14. The van der Waals surface area contributed by atoms with E-state index in [4.69, 9.17) is 5.73 Å². The first kappa shape index (κ1) is 12.3. The summed E-state index contributed by atoms with van der Waals surface area (Å²) in [5.74, 6) is -1.25. The van der Waals surface area contributed by atoms with E-state index in [1.54, 1.807) is 0 Å². The molecule has 8 heteroatoms. The maximum Gasteiger partial charge on any atom is 0.337 e. The molecule has 1 rings (SSSR count). The second-order valence-electron chi connectivity index (χ2n) is 2.82. The lowest BCUT2D eigenvalue weighted by atomic mass is 10.3. The molecule has 0 bridgehead atoms. The fourth-order valence-corrected chi connectivity index (χ4v) is 1.74. The van der Waals surface area contributed by atoms with Crippen molar-refractivity contribution in [2.75, 3.05) is 11.5 Å². The second-order valence-corrected chi connectivity index (χ2v) is 4.18. The van der Waals surface area contributed by atoms with Crippen LogP contribution in [0, 0.1) is 0 Å². The molecule has 1 aliphatic rings. The van der Waals surface area contributed by atoms with Crippen molar-refractivity contribution in [3.8, 4) is 0 Å². The minimum Gasteiger partial charge on any atom is -0.390 e. The maximum atomic E-state index is 11.3. The lowest BCUT2D eigenvalue weighted by Gasteiger charge is -2.10. The zero-order chi connectivity index (χ0) is 11.4. The summed E-state index contributed by atoms with van der Waals surface area (Å²) in [4.78, 5) is 33.1. The van der Waals surface area contributed by atoms with E-state index < -0.39 is 24.0 Å². The number of hydrogen-bond acceptors (Lipinski definition) is 7. The predicted octanol–water partition coefficient (Wildman–Crippen LogP) is -0.862. The summed E-state index contributed by atoms with van der Waals surface area (Å²) in [7, 11) is 0. The lowest BCUT2D eigenvalue weighted by Crippen LogP contribution is -2.41. The van der Waals surface area contributed by atoms with Gasteiger partial charge in [0.15, 0.2) is 0 Å². The van der Waals surface area contributed by atoms with Crippen LogP contribution >= 0.6 is 24.4 Å². The summed E-state index contributed by atoms with van der Waals surface area (Å²) in [6, 6.07) is -1.69. The number of thiol groups is 1. The topological polar surface area (TPSA) is 98.5 Å². The van der Waals surface area contributed by atoms with Crippen molar-refractivity contribution in [2.24, 2.45) is 5.73 Å². The molecule has 1 heterocycles. The lowest BCUT2D eigenvalue weighted by molar-refractivity contribution is -0.161. The van der Waals surface area contributed by atoms with Crippen LogP contribution in [0.5, 0.6) is 0 Å². The zero-order valence-corrected chi connectivity index (χ0v) is 9.35. The monoisotopic (exact) mass is 250 g/mol. The van der Waals surface area contributed by atoms with Crippen LogP contribution < -0.4 is 11.1 Å². The highest BCUT2D eigenvalue weighted by Crippen LogP contribution is 2.13. The number of hydrogen-bond donors (Lipinski definition) is 3. The Morgan fingerprint density at radius 1 is 1.73 bits per heavy atom. The number of nitrogens with two attached hydrogens (primary N) is 1. The first-order valence-electron chi connectivity index (χ1n) is 4.10. The van der Waals surface area contributed by atoms with Gasteiger partial charge in [0.2, 0.25) is 0 Å². The van der Waals surface area contributed by atoms with Gasteiger partial charge in [-0.2, -0.15) is 12.6 Å². The zero-order valence-electron chi connectivity index (χ0n) is 7.63. The van der Waals surface area contributed by atoms with Gasteiger partial charge >= 0.3 is 11.9 Å². The molecule has 1 amide bonds. The predicted molar refractivity (Wildman–Crippen MR) is 57.7 cm³/mol. The number of carbonyl (C=O) groups excluding carboxylic acids is 3. The summed E-state index contributed by atoms with van der Waals surface area (Å²) in [5.41, 5.74) is 5.30. The molecule has 0 aliphatic carbocycles. The summed E-state index contributed by atoms with van der Waals surface area (Å²) < 4.78 is 4.46. The van der Waals surface area contributed by atoms with E-state index in [1.165, 1.54) is 0 Å². The third kappa shape index (κ3) is 3.40. The van der Waals surface area contributed by atoms with Crippen LogP contribution in [0.3, 0.4) is 0 Å². The highest BCUT2D eigenvalue weighted by atomic mass is 32.2. The molecule has 3 N–H and O–H groups in total. The van der Waals surface area contributed by atoms with Crippen molar-refractivity contribution in [1.29, 1.82) is 0 Å². The number of carbonyl (C=O) groups is 3. The number of rotatable bonds is 3. The number of ether oxygens (including phenoxy) is 1. The third-order valence-corrected chi connectivity index (χ3v) is 2.93. The van der Waals surface area contributed by atoms with Crippen molar-refractivity contribution in [2.45, 2.75) is 12.1 Å². The first-order valence-corrected chi connectivity index (χ1v) is 5.71. The van der Waals surface area contributed by atoms with Gasteiger partial charge in [0.25, 0.3) is 5.24 Å². The number of esters is 2. The Morgan fingerprint density at radius 2 is 2.40 bits per heavy atom. The largest absolute Gasteiger partial charge is 0.390 e. The molecule has 1 aliphatic heterocycles. The van der Waals surface area contributed by atoms with Crippen molar-refractivity contribution >= 4 is 41.6 Å². The normalized spacial score (nSPS) is 22.0. The van der Waals surface area contributed by atoms with Crippen LogP contribution in [0.2, 0.25) is 0 Å². The Labute approximate surface area is 95.7 Å². The standard InChI is InChI=1S/C7H10N2O4S2/c8-3(1-14)5(10)13-6(11)4-2-15-7(12)9-4/h3-4,14H,1-2,8H2,(H,9,12)/t3-,4?/m1/s1. The van der Waals surface area contributed by atoms with Gasteiger partial charge in [-0.3, -0.25) is 4.79 Å². The minimum atomic E-state index is -0.929. The van der Waals surface area contributed by atoms with Gasteiger partial charge in [-0.15, -0.1) is 0 Å². The molecule has 15 heavy (non-hydrogen) atoms. The maximum absolute atomic E-state index is 11.3. The van der Waals surface area contributed by atoms with E-state index in [0.717, 1.165) is 11.8 Å². The fourth-order valence-electron chi connectivity index (χ4n) is 0.832. The molecule has 0 saturated carbocycles. The van der Waals surface area contributed by atoms with Crippen LogP contribution in [0.4, 0.5) is 4.79 Å². The smallest absolute Gasteiger partial charge is 0.337 e. The van der Waals surface area contributed by atoms with E-state index in [9.17, 15) is 14.4 Å². The molecule has 1 saturated heterocycles. The van der Waals surface area contributed by atoms with E-state index in [-0.39, 0.29) is 16.7 Å². The Kier molecular flexibility index (Phi) is 4.43. The van der Waals surface area contributed by atoms with Gasteiger partial charge in [-0.25, -0.2) is 9.59 Å². The average molecular weight is 250 g/mol. The summed E-state index contributed by atoms with van der Waals surface area (Å²) in [5, 5.41) is 2.05. The second kappa shape index (κ2) is 5.38. The Bertz CT molecular complexity index is 297. The molecule has 84 valence electrons. The highest BCUT2D eigenvalue weighted by Gasteiger charge is 2.31. The van der Waals surface area contributed by atoms with Crippen molar-refractivity contribution < 1.29 is 19.1 Å². The van der Waals surface area contributed by atoms with Crippen molar-refractivity contribution in [3.05, 3.63) is 0 Å². The Balaban J connectivity index is 2.42. The van der Waals surface area contributed by atoms with Crippen LogP contribution in [0.1, 0.15) is 0 Å². The molecule has 1 fully saturated rings. The van der Waals surface area contributed by atoms with E-state index >= 15 is 0 Å². The minimum absolute atomic E-state index is 0.0951. The van der Waals surface area contributed by atoms with E-state index in [0.29, 0.717) is 0 Å². The fraction of sp³-hybridized carbons (Fsp3) is 0.571. The molecule has 0 radical (unpaired) electrons. The SMILES string of the molecule is N[C@H](CS)C(=O)OC(=O)C1CSC(=O)N1. The van der Waals surface area contributed by atoms with Crippen LogP contribution in [-0.2, 0) is 14.3 Å². The third-order valence-electron chi connectivity index (χ3n) is 1.66. The number of nitrogens with one attached hydrogen (secondary N) is 1. The number of amides is 1. The molecule has 0 aromatic carbocycles. The summed E-state index contributed by atoms with van der Waals surface area (Å²) in [6.45, 7) is 0. The van der Waals surface area contributed by atoms with Gasteiger partial charge < -0.3 is 15.8 Å². The Morgan fingerprint density at radius 3 is 2.87 bits per heavy atom. The summed E-state index contributed by atoms with van der Waals surface area (Å²) >= 11 is 4.76.